The molecular formula is C12H14F2O4S. The fraction of sp³-hybridized carbons (Fsp3) is 0.417. The summed E-state index contributed by atoms with van der Waals surface area (Å²) >= 11 is 0. The van der Waals surface area contributed by atoms with Crippen LogP contribution in [0.5, 0.6) is 0 Å². The topological polar surface area (TPSA) is 71.4 Å². The number of aliphatic carboxylic acids is 1. The van der Waals surface area contributed by atoms with Crippen molar-refractivity contribution in [3.8, 4) is 0 Å². The fourth-order valence-corrected chi connectivity index (χ4v) is 2.31. The van der Waals surface area contributed by atoms with Gasteiger partial charge in [-0.25, -0.2) is 17.2 Å². The SMILES string of the molecule is CC(C)(Cc1c(F)ccc(S(C)(=O)=O)c1F)C(=O)O. The molecule has 106 valence electrons. The van der Waals surface area contributed by atoms with E-state index in [1.54, 1.807) is 0 Å². The van der Waals surface area contributed by atoms with E-state index in [4.69, 9.17) is 5.11 Å². The Morgan fingerprint density at radius 1 is 1.32 bits per heavy atom. The van der Waals surface area contributed by atoms with Crippen LogP contribution in [0.25, 0.3) is 0 Å². The van der Waals surface area contributed by atoms with Crippen LogP contribution in [-0.2, 0) is 21.1 Å². The van der Waals surface area contributed by atoms with Gasteiger partial charge >= 0.3 is 5.97 Å². The number of carboxylic acid groups (broad SMARTS) is 1. The molecular weight excluding hydrogens is 278 g/mol. The van der Waals surface area contributed by atoms with Gasteiger partial charge in [-0.2, -0.15) is 0 Å². The largest absolute Gasteiger partial charge is 0.481 e. The second-order valence-corrected chi connectivity index (χ2v) is 6.96. The molecule has 0 aromatic heterocycles. The zero-order valence-corrected chi connectivity index (χ0v) is 11.5. The summed E-state index contributed by atoms with van der Waals surface area (Å²) in [5, 5.41) is 8.95. The van der Waals surface area contributed by atoms with Crippen molar-refractivity contribution in [1.82, 2.24) is 0 Å². The van der Waals surface area contributed by atoms with E-state index >= 15 is 0 Å². The van der Waals surface area contributed by atoms with E-state index in [2.05, 4.69) is 0 Å². The van der Waals surface area contributed by atoms with Crippen LogP contribution in [0, 0.1) is 17.0 Å². The summed E-state index contributed by atoms with van der Waals surface area (Å²) < 4.78 is 50.3. The minimum atomic E-state index is -3.84. The number of hydrogen-bond donors (Lipinski definition) is 1. The molecule has 0 aliphatic carbocycles. The maximum Gasteiger partial charge on any atom is 0.309 e. The first kappa shape index (κ1) is 15.6. The molecule has 0 saturated carbocycles. The van der Waals surface area contributed by atoms with Crippen LogP contribution >= 0.6 is 0 Å². The molecule has 19 heavy (non-hydrogen) atoms. The van der Waals surface area contributed by atoms with Crippen LogP contribution in [0.3, 0.4) is 0 Å². The van der Waals surface area contributed by atoms with Gasteiger partial charge in [0, 0.05) is 11.8 Å². The number of rotatable bonds is 4. The first-order valence-corrected chi connectivity index (χ1v) is 7.26. The zero-order valence-electron chi connectivity index (χ0n) is 10.7. The average molecular weight is 292 g/mol. The highest BCUT2D eigenvalue weighted by molar-refractivity contribution is 7.90. The van der Waals surface area contributed by atoms with Gasteiger partial charge in [-0.1, -0.05) is 0 Å². The predicted molar refractivity (Wildman–Crippen MR) is 64.6 cm³/mol. The van der Waals surface area contributed by atoms with Crippen LogP contribution in [0.4, 0.5) is 8.78 Å². The summed E-state index contributed by atoms with van der Waals surface area (Å²) in [5.74, 6) is -3.41. The highest BCUT2D eigenvalue weighted by atomic mass is 32.2. The Balaban J connectivity index is 3.41. The van der Waals surface area contributed by atoms with Gasteiger partial charge in [0.15, 0.2) is 9.84 Å². The molecule has 7 heteroatoms. The maximum absolute atomic E-state index is 14.0. The van der Waals surface area contributed by atoms with Gasteiger partial charge in [-0.05, 0) is 32.4 Å². The smallest absolute Gasteiger partial charge is 0.309 e. The van der Waals surface area contributed by atoms with Crippen LogP contribution in [0.1, 0.15) is 19.4 Å². The molecule has 0 heterocycles. The third-order valence-electron chi connectivity index (χ3n) is 2.75. The molecule has 0 saturated heterocycles. The highest BCUT2D eigenvalue weighted by Gasteiger charge is 2.31. The molecule has 0 fully saturated rings. The quantitative estimate of drug-likeness (QED) is 0.862. The van der Waals surface area contributed by atoms with E-state index in [1.165, 1.54) is 13.8 Å². The molecule has 1 N–H and O–H groups in total. The molecule has 1 aromatic carbocycles. The van der Waals surface area contributed by atoms with Crippen molar-refractivity contribution in [1.29, 1.82) is 0 Å². The molecule has 0 atom stereocenters. The Morgan fingerprint density at radius 2 is 1.84 bits per heavy atom. The van der Waals surface area contributed by atoms with Crippen molar-refractivity contribution in [2.24, 2.45) is 5.41 Å². The Hall–Kier alpha value is -1.50. The molecule has 0 spiro atoms. The molecule has 1 rings (SSSR count). The third-order valence-corrected chi connectivity index (χ3v) is 3.86. The molecule has 0 aliphatic heterocycles. The summed E-state index contributed by atoms with van der Waals surface area (Å²) in [6.07, 6.45) is 0.360. The Labute approximate surface area is 110 Å². The van der Waals surface area contributed by atoms with Gasteiger partial charge < -0.3 is 5.11 Å². The van der Waals surface area contributed by atoms with Crippen LogP contribution in [-0.4, -0.2) is 25.7 Å². The summed E-state index contributed by atoms with van der Waals surface area (Å²) in [6.45, 7) is 2.61. The maximum atomic E-state index is 14.0. The van der Waals surface area contributed by atoms with Crippen molar-refractivity contribution < 1.29 is 27.1 Å². The molecule has 0 aliphatic rings. The lowest BCUT2D eigenvalue weighted by molar-refractivity contribution is -0.146. The summed E-state index contributed by atoms with van der Waals surface area (Å²) in [5.41, 5.74) is -1.94. The van der Waals surface area contributed by atoms with Crippen molar-refractivity contribution in [3.63, 3.8) is 0 Å². The molecule has 1 aromatic rings. The summed E-state index contributed by atoms with van der Waals surface area (Å²) in [6, 6.07) is 1.66. The number of carbonyl (C=O) groups is 1. The lowest BCUT2D eigenvalue weighted by Gasteiger charge is -2.20. The Morgan fingerprint density at radius 3 is 2.26 bits per heavy atom. The average Bonchev–Trinajstić information content (AvgIpc) is 2.21. The second-order valence-electron chi connectivity index (χ2n) is 4.98. The number of sulfone groups is 1. The van der Waals surface area contributed by atoms with E-state index in [9.17, 15) is 22.0 Å². The molecule has 4 nitrogen and oxygen atoms in total. The van der Waals surface area contributed by atoms with Crippen LogP contribution in [0.15, 0.2) is 17.0 Å². The van der Waals surface area contributed by atoms with E-state index < -0.39 is 49.7 Å². The number of carboxylic acids is 1. The minimum absolute atomic E-state index is 0.441. The number of benzene rings is 1. The molecule has 0 radical (unpaired) electrons. The van der Waals surface area contributed by atoms with E-state index in [0.29, 0.717) is 0 Å². The molecule has 0 bridgehead atoms. The second kappa shape index (κ2) is 4.88. The van der Waals surface area contributed by atoms with Gasteiger partial charge in [0.05, 0.1) is 5.41 Å². The van der Waals surface area contributed by atoms with Crippen molar-refractivity contribution in [2.45, 2.75) is 25.2 Å². The molecule has 0 unspecified atom stereocenters. The molecule has 0 amide bonds. The van der Waals surface area contributed by atoms with Crippen LogP contribution < -0.4 is 0 Å². The normalized spacial score (nSPS) is 12.5. The number of hydrogen-bond acceptors (Lipinski definition) is 3. The van der Waals surface area contributed by atoms with Gasteiger partial charge in [0.25, 0.3) is 0 Å². The van der Waals surface area contributed by atoms with Crippen molar-refractivity contribution >= 4 is 15.8 Å². The van der Waals surface area contributed by atoms with E-state index in [0.717, 1.165) is 18.4 Å². The predicted octanol–water partition coefficient (Wildman–Crippen LogP) is 2.02. The van der Waals surface area contributed by atoms with Gasteiger partial charge in [-0.15, -0.1) is 0 Å². The minimum Gasteiger partial charge on any atom is -0.481 e. The Kier molecular flexibility index (Phi) is 4.00. The number of halogens is 2. The first-order chi connectivity index (χ1) is 8.47. The zero-order chi connectivity index (χ0) is 15.0. The fourth-order valence-electron chi connectivity index (χ4n) is 1.54. The van der Waals surface area contributed by atoms with Gasteiger partial charge in [-0.3, -0.25) is 4.79 Å². The first-order valence-electron chi connectivity index (χ1n) is 5.37. The van der Waals surface area contributed by atoms with Crippen LogP contribution in [0.2, 0.25) is 0 Å². The van der Waals surface area contributed by atoms with E-state index in [1.807, 2.05) is 0 Å². The van der Waals surface area contributed by atoms with Gasteiger partial charge in [0.2, 0.25) is 0 Å². The lowest BCUT2D eigenvalue weighted by atomic mass is 9.85. The Bertz CT molecular complexity index is 621. The van der Waals surface area contributed by atoms with E-state index in [-0.39, 0.29) is 0 Å². The van der Waals surface area contributed by atoms with Crippen molar-refractivity contribution in [2.75, 3.05) is 6.26 Å². The standard InChI is InChI=1S/C12H14F2O4S/c1-12(2,11(15)16)6-7-8(13)4-5-9(10(7)14)19(3,17)18/h4-5H,6H2,1-3H3,(H,15,16). The summed E-state index contributed by atoms with van der Waals surface area (Å²) in [7, 11) is -3.84. The van der Waals surface area contributed by atoms with Crippen molar-refractivity contribution in [3.05, 3.63) is 29.3 Å². The summed E-state index contributed by atoms with van der Waals surface area (Å²) in [4.78, 5) is 10.3. The monoisotopic (exact) mass is 292 g/mol. The lowest BCUT2D eigenvalue weighted by Crippen LogP contribution is -2.27. The highest BCUT2D eigenvalue weighted by Crippen LogP contribution is 2.28. The third kappa shape index (κ3) is 3.28. The van der Waals surface area contributed by atoms with Gasteiger partial charge in [0.1, 0.15) is 16.5 Å².